The van der Waals surface area contributed by atoms with Gasteiger partial charge in [-0.05, 0) is 37.6 Å². The molecule has 3 aromatic rings. The van der Waals surface area contributed by atoms with Gasteiger partial charge in [-0.25, -0.2) is 4.68 Å². The van der Waals surface area contributed by atoms with Gasteiger partial charge in [-0.1, -0.05) is 25.1 Å². The summed E-state index contributed by atoms with van der Waals surface area (Å²) >= 11 is 0. The van der Waals surface area contributed by atoms with Gasteiger partial charge in [0.1, 0.15) is 11.4 Å². The minimum absolute atomic E-state index is 0.0174. The van der Waals surface area contributed by atoms with E-state index in [4.69, 9.17) is 4.74 Å². The van der Waals surface area contributed by atoms with Crippen LogP contribution in [0.25, 0.3) is 16.9 Å². The number of nitrogens with one attached hydrogen (secondary N) is 1. The van der Waals surface area contributed by atoms with Crippen LogP contribution in [0.15, 0.2) is 54.6 Å². The lowest BCUT2D eigenvalue weighted by molar-refractivity contribution is -0.384. The number of nitro groups is 1. The number of methoxy groups -OCH3 is 1. The summed E-state index contributed by atoms with van der Waals surface area (Å²) in [6, 6.07) is 15.0. The van der Waals surface area contributed by atoms with E-state index in [1.807, 2.05) is 38.1 Å². The topological polar surface area (TPSA) is 99.3 Å². The Morgan fingerprint density at radius 3 is 2.69 bits per heavy atom. The van der Waals surface area contributed by atoms with Crippen LogP contribution in [-0.2, 0) is 0 Å². The number of non-ortho nitro benzene ring substituents is 1. The average molecular weight is 394 g/mol. The summed E-state index contributed by atoms with van der Waals surface area (Å²) in [5.74, 6) is 0.366. The fourth-order valence-corrected chi connectivity index (χ4v) is 2.80. The van der Waals surface area contributed by atoms with E-state index in [-0.39, 0.29) is 17.6 Å². The van der Waals surface area contributed by atoms with Crippen LogP contribution in [0.2, 0.25) is 0 Å². The van der Waals surface area contributed by atoms with Crippen LogP contribution in [0, 0.1) is 10.1 Å². The zero-order chi connectivity index (χ0) is 21.0. The summed E-state index contributed by atoms with van der Waals surface area (Å²) in [7, 11) is 1.58. The van der Waals surface area contributed by atoms with Crippen LogP contribution < -0.4 is 10.1 Å². The molecule has 0 unspecified atom stereocenters. The maximum atomic E-state index is 12.9. The third-order valence-electron chi connectivity index (χ3n) is 4.58. The van der Waals surface area contributed by atoms with Gasteiger partial charge in [0.25, 0.3) is 11.6 Å². The molecule has 1 amide bonds. The molecule has 150 valence electrons. The lowest BCUT2D eigenvalue weighted by Crippen LogP contribution is -2.33. The lowest BCUT2D eigenvalue weighted by atomic mass is 10.1. The summed E-state index contributed by atoms with van der Waals surface area (Å²) < 4.78 is 6.70. The Morgan fingerprint density at radius 1 is 1.24 bits per heavy atom. The first kappa shape index (κ1) is 20.1. The van der Waals surface area contributed by atoms with Crippen LogP contribution in [-0.4, -0.2) is 33.8 Å². The second-order valence-corrected chi connectivity index (χ2v) is 6.62. The second-order valence-electron chi connectivity index (χ2n) is 6.62. The molecule has 3 rings (SSSR count). The molecule has 0 aliphatic heterocycles. The summed E-state index contributed by atoms with van der Waals surface area (Å²) in [5.41, 5.74) is 1.98. The molecule has 0 saturated heterocycles. The van der Waals surface area contributed by atoms with Gasteiger partial charge in [0.2, 0.25) is 0 Å². The predicted octanol–water partition coefficient (Wildman–Crippen LogP) is 3.98. The zero-order valence-corrected chi connectivity index (χ0v) is 16.5. The van der Waals surface area contributed by atoms with Gasteiger partial charge in [-0.3, -0.25) is 14.9 Å². The van der Waals surface area contributed by atoms with Crippen molar-refractivity contribution in [1.29, 1.82) is 0 Å². The van der Waals surface area contributed by atoms with Crippen LogP contribution in [0.5, 0.6) is 5.75 Å². The summed E-state index contributed by atoms with van der Waals surface area (Å²) in [4.78, 5) is 23.6. The van der Waals surface area contributed by atoms with Gasteiger partial charge in [0.05, 0.1) is 23.4 Å². The minimum atomic E-state index is -0.477. The Morgan fingerprint density at radius 2 is 2.00 bits per heavy atom. The van der Waals surface area contributed by atoms with Crippen molar-refractivity contribution in [3.63, 3.8) is 0 Å². The highest BCUT2D eigenvalue weighted by Crippen LogP contribution is 2.26. The van der Waals surface area contributed by atoms with Crippen molar-refractivity contribution in [2.45, 2.75) is 26.3 Å². The Hall–Kier alpha value is -3.68. The van der Waals surface area contributed by atoms with Crippen molar-refractivity contribution in [2.24, 2.45) is 0 Å². The fraction of sp³-hybridized carbons (Fsp3) is 0.238. The number of nitro benzene ring substituents is 1. The highest BCUT2D eigenvalue weighted by atomic mass is 16.6. The highest BCUT2D eigenvalue weighted by molar-refractivity contribution is 5.94. The SMILES string of the molecule is CC[C@H](C)NC(=O)c1cc(-c2cccc(OC)c2)nn1-c1cccc([N+](=O)[O-])c1. The number of benzene rings is 2. The van der Waals surface area contributed by atoms with Gasteiger partial charge in [0, 0.05) is 23.7 Å². The van der Waals surface area contributed by atoms with Crippen molar-refractivity contribution in [3.8, 4) is 22.7 Å². The largest absolute Gasteiger partial charge is 0.497 e. The Kier molecular flexibility index (Phi) is 5.92. The minimum Gasteiger partial charge on any atom is -0.497 e. The maximum absolute atomic E-state index is 12.9. The Bertz CT molecular complexity index is 1040. The molecule has 0 saturated carbocycles. The highest BCUT2D eigenvalue weighted by Gasteiger charge is 2.20. The number of amides is 1. The van der Waals surface area contributed by atoms with Crippen molar-refractivity contribution >= 4 is 11.6 Å². The monoisotopic (exact) mass is 394 g/mol. The first-order valence-corrected chi connectivity index (χ1v) is 9.23. The van der Waals surface area contributed by atoms with Crippen LogP contribution >= 0.6 is 0 Å². The van der Waals surface area contributed by atoms with E-state index in [1.165, 1.54) is 16.8 Å². The molecule has 0 spiro atoms. The maximum Gasteiger partial charge on any atom is 0.271 e. The van der Waals surface area contributed by atoms with Gasteiger partial charge in [-0.15, -0.1) is 0 Å². The Balaban J connectivity index is 2.12. The molecule has 1 N–H and O–H groups in total. The van der Waals surface area contributed by atoms with E-state index in [1.54, 1.807) is 25.3 Å². The molecular weight excluding hydrogens is 372 g/mol. The zero-order valence-electron chi connectivity index (χ0n) is 16.5. The molecule has 0 aliphatic carbocycles. The lowest BCUT2D eigenvalue weighted by Gasteiger charge is -2.12. The van der Waals surface area contributed by atoms with Gasteiger partial charge in [0.15, 0.2) is 0 Å². The van der Waals surface area contributed by atoms with Crippen LogP contribution in [0.4, 0.5) is 5.69 Å². The predicted molar refractivity (Wildman–Crippen MR) is 109 cm³/mol. The molecule has 0 bridgehead atoms. The number of carbonyl (C=O) groups excluding carboxylic acids is 1. The number of carbonyl (C=O) groups is 1. The molecule has 1 aromatic heterocycles. The fourth-order valence-electron chi connectivity index (χ4n) is 2.80. The molecular formula is C21H22N4O4. The van der Waals surface area contributed by atoms with E-state index in [0.717, 1.165) is 12.0 Å². The van der Waals surface area contributed by atoms with Crippen molar-refractivity contribution in [3.05, 3.63) is 70.4 Å². The van der Waals surface area contributed by atoms with Crippen molar-refractivity contribution in [2.75, 3.05) is 7.11 Å². The third kappa shape index (κ3) is 4.43. The number of ether oxygens (including phenoxy) is 1. The van der Waals surface area contributed by atoms with Crippen LogP contribution in [0.1, 0.15) is 30.8 Å². The quantitative estimate of drug-likeness (QED) is 0.483. The van der Waals surface area contributed by atoms with E-state index < -0.39 is 4.92 Å². The number of hydrogen-bond acceptors (Lipinski definition) is 5. The summed E-state index contributed by atoms with van der Waals surface area (Å²) in [6.45, 7) is 3.89. The smallest absolute Gasteiger partial charge is 0.271 e. The van der Waals surface area contributed by atoms with E-state index in [0.29, 0.717) is 22.8 Å². The number of nitrogens with zero attached hydrogens (tertiary/aromatic N) is 3. The second kappa shape index (κ2) is 8.55. The van der Waals surface area contributed by atoms with Gasteiger partial charge >= 0.3 is 0 Å². The summed E-state index contributed by atoms with van der Waals surface area (Å²) in [6.07, 6.45) is 0.777. The number of aromatic nitrogens is 2. The molecule has 0 aliphatic rings. The van der Waals surface area contributed by atoms with Crippen molar-refractivity contribution < 1.29 is 14.5 Å². The first-order valence-electron chi connectivity index (χ1n) is 9.23. The number of hydrogen-bond donors (Lipinski definition) is 1. The third-order valence-corrected chi connectivity index (χ3v) is 4.58. The van der Waals surface area contributed by atoms with E-state index in [2.05, 4.69) is 10.4 Å². The van der Waals surface area contributed by atoms with Crippen LogP contribution in [0.3, 0.4) is 0 Å². The molecule has 1 heterocycles. The molecule has 1 atom stereocenters. The van der Waals surface area contributed by atoms with Gasteiger partial charge < -0.3 is 10.1 Å². The Labute approximate surface area is 168 Å². The normalized spacial score (nSPS) is 11.7. The average Bonchev–Trinajstić information content (AvgIpc) is 3.19. The number of rotatable bonds is 7. The first-order chi connectivity index (χ1) is 13.9. The molecule has 0 radical (unpaired) electrons. The van der Waals surface area contributed by atoms with Gasteiger partial charge in [-0.2, -0.15) is 5.10 Å². The standard InChI is InChI=1S/C21H22N4O4/c1-4-14(2)22-21(26)20-13-19(15-7-5-10-18(11-15)29-3)23-24(20)16-8-6-9-17(12-16)25(27)28/h5-14H,4H2,1-3H3,(H,22,26)/t14-/m0/s1. The van der Waals surface area contributed by atoms with E-state index in [9.17, 15) is 14.9 Å². The molecule has 29 heavy (non-hydrogen) atoms. The summed E-state index contributed by atoms with van der Waals surface area (Å²) in [5, 5.41) is 18.6. The molecule has 8 heteroatoms. The van der Waals surface area contributed by atoms with Crippen molar-refractivity contribution in [1.82, 2.24) is 15.1 Å². The molecule has 0 fully saturated rings. The van der Waals surface area contributed by atoms with E-state index >= 15 is 0 Å². The molecule has 2 aromatic carbocycles. The molecule has 8 nitrogen and oxygen atoms in total.